The molecule has 0 aromatic heterocycles. The Morgan fingerprint density at radius 2 is 1.44 bits per heavy atom. The molecule has 0 saturated heterocycles. The van der Waals surface area contributed by atoms with Crippen molar-refractivity contribution in [2.24, 2.45) is 5.73 Å². The third kappa shape index (κ3) is 2.74. The standard InChI is InChI=1S/C23H14BrNO6S/c24-19-20(28)17-13-8-3-1-2-4-9(8)14(16-12(27)6-5-11(26)15(13)16)18(17)21(29)22(19)32-7-10(25)23(30)31/h1-6,10,13-14H,7,25H2,(H,30,31)/t10-,13?,14?/m0/s1. The van der Waals surface area contributed by atoms with Gasteiger partial charge in [-0.25, -0.2) is 0 Å². The second-order valence-corrected chi connectivity index (χ2v) is 9.59. The Bertz CT molecular complexity index is 1320. The largest absolute Gasteiger partial charge is 0.480 e. The lowest BCUT2D eigenvalue weighted by Crippen LogP contribution is -2.41. The van der Waals surface area contributed by atoms with Crippen molar-refractivity contribution in [3.8, 4) is 0 Å². The van der Waals surface area contributed by atoms with Crippen LogP contribution >= 0.6 is 27.7 Å². The van der Waals surface area contributed by atoms with Crippen molar-refractivity contribution < 1.29 is 29.1 Å². The number of hydrogen-bond donors (Lipinski definition) is 2. The number of carbonyl (C=O) groups is 5. The molecule has 1 aromatic rings. The molecule has 0 radical (unpaired) electrons. The summed E-state index contributed by atoms with van der Waals surface area (Å²) < 4.78 is 0.0150. The minimum atomic E-state index is -1.22. The van der Waals surface area contributed by atoms with E-state index in [-0.39, 0.29) is 49.0 Å². The van der Waals surface area contributed by atoms with E-state index in [4.69, 9.17) is 10.8 Å². The maximum Gasteiger partial charge on any atom is 0.321 e. The predicted octanol–water partition coefficient (Wildman–Crippen LogP) is 2.09. The predicted molar refractivity (Wildman–Crippen MR) is 119 cm³/mol. The summed E-state index contributed by atoms with van der Waals surface area (Å²) in [6.45, 7) is 0. The topological polar surface area (TPSA) is 132 Å². The van der Waals surface area contributed by atoms with Crippen molar-refractivity contribution in [3.63, 3.8) is 0 Å². The van der Waals surface area contributed by atoms with Crippen LogP contribution in [0.2, 0.25) is 0 Å². The number of carboxylic acids is 1. The molecule has 0 amide bonds. The van der Waals surface area contributed by atoms with E-state index in [1.54, 1.807) is 18.2 Å². The van der Waals surface area contributed by atoms with Crippen LogP contribution in [-0.4, -0.2) is 46.0 Å². The lowest BCUT2D eigenvalue weighted by atomic mass is 9.56. The molecule has 0 fully saturated rings. The molecule has 32 heavy (non-hydrogen) atoms. The van der Waals surface area contributed by atoms with Crippen LogP contribution in [0, 0.1) is 0 Å². The smallest absolute Gasteiger partial charge is 0.321 e. The molecule has 160 valence electrons. The SMILES string of the molecule is N[C@@H](CSC1=C(Br)C(=O)C2=C(C1=O)C1C3=C(C(=O)C=CC3=O)C2c2ccccc21)C(=O)O. The number of halogens is 1. The van der Waals surface area contributed by atoms with Gasteiger partial charge in [-0.15, -0.1) is 11.8 Å². The van der Waals surface area contributed by atoms with Crippen LogP contribution in [0.5, 0.6) is 0 Å². The van der Waals surface area contributed by atoms with Gasteiger partial charge in [-0.05, 0) is 39.2 Å². The number of carboxylic acid groups (broad SMARTS) is 1. The number of allylic oxidation sites excluding steroid dienone is 8. The first-order valence-electron chi connectivity index (χ1n) is 9.68. The van der Waals surface area contributed by atoms with Crippen LogP contribution in [0.4, 0.5) is 0 Å². The number of ketones is 4. The summed E-state index contributed by atoms with van der Waals surface area (Å²) in [7, 11) is 0. The van der Waals surface area contributed by atoms with Crippen molar-refractivity contribution in [1.82, 2.24) is 0 Å². The Kier molecular flexibility index (Phi) is 4.81. The van der Waals surface area contributed by atoms with E-state index < -0.39 is 35.4 Å². The molecule has 3 atom stereocenters. The first-order chi connectivity index (χ1) is 15.2. The number of Topliss-reactive ketones (excluding diaryl/α,β-unsaturated/α-hetero) is 2. The molecule has 0 heterocycles. The number of benzene rings is 1. The van der Waals surface area contributed by atoms with Crippen molar-refractivity contribution in [1.29, 1.82) is 0 Å². The maximum absolute atomic E-state index is 13.6. The molecule has 1 aromatic carbocycles. The number of nitrogens with two attached hydrogens (primary N) is 1. The molecular formula is C23H14BrNO6S. The van der Waals surface area contributed by atoms with Gasteiger partial charge in [0.05, 0.1) is 9.39 Å². The van der Waals surface area contributed by atoms with Gasteiger partial charge in [0, 0.05) is 39.9 Å². The zero-order valence-electron chi connectivity index (χ0n) is 16.3. The molecule has 9 heteroatoms. The highest BCUT2D eigenvalue weighted by molar-refractivity contribution is 9.12. The number of thioether (sulfide) groups is 1. The van der Waals surface area contributed by atoms with E-state index in [0.717, 1.165) is 22.9 Å². The molecule has 6 rings (SSSR count). The van der Waals surface area contributed by atoms with Crippen molar-refractivity contribution in [2.45, 2.75) is 17.9 Å². The zero-order valence-corrected chi connectivity index (χ0v) is 18.7. The molecule has 0 spiro atoms. The summed E-state index contributed by atoms with van der Waals surface area (Å²) in [6, 6.07) is 5.97. The van der Waals surface area contributed by atoms with Crippen LogP contribution < -0.4 is 5.73 Å². The van der Waals surface area contributed by atoms with Crippen LogP contribution in [0.3, 0.4) is 0 Å². The lowest BCUT2D eigenvalue weighted by molar-refractivity contribution is -0.138. The second kappa shape index (κ2) is 7.33. The second-order valence-electron chi connectivity index (χ2n) is 7.77. The highest BCUT2D eigenvalue weighted by atomic mass is 79.9. The monoisotopic (exact) mass is 511 g/mol. The number of rotatable bonds is 4. The van der Waals surface area contributed by atoms with E-state index in [2.05, 4.69) is 15.9 Å². The molecule has 2 bridgehead atoms. The number of hydrogen-bond acceptors (Lipinski definition) is 7. The molecule has 2 unspecified atom stereocenters. The molecule has 0 saturated carbocycles. The van der Waals surface area contributed by atoms with Crippen LogP contribution in [0.25, 0.3) is 0 Å². The van der Waals surface area contributed by atoms with Crippen LogP contribution in [0.1, 0.15) is 23.0 Å². The summed E-state index contributed by atoms with van der Waals surface area (Å²) in [5.74, 6) is -4.57. The quantitative estimate of drug-likeness (QED) is 0.587. The van der Waals surface area contributed by atoms with Gasteiger partial charge >= 0.3 is 5.97 Å². The van der Waals surface area contributed by atoms with Gasteiger partial charge in [-0.1, -0.05) is 24.3 Å². The van der Waals surface area contributed by atoms with E-state index in [0.29, 0.717) is 0 Å². The third-order valence-electron chi connectivity index (χ3n) is 6.09. The first-order valence-corrected chi connectivity index (χ1v) is 11.5. The van der Waals surface area contributed by atoms with Gasteiger partial charge in [-0.2, -0.15) is 0 Å². The third-order valence-corrected chi connectivity index (χ3v) is 8.31. The summed E-state index contributed by atoms with van der Waals surface area (Å²) in [6.07, 6.45) is 2.41. The highest BCUT2D eigenvalue weighted by Crippen LogP contribution is 2.59. The van der Waals surface area contributed by atoms with Gasteiger partial charge in [0.1, 0.15) is 6.04 Å². The molecule has 5 aliphatic carbocycles. The Labute approximate surface area is 194 Å². The molecule has 7 nitrogen and oxygen atoms in total. The minimum Gasteiger partial charge on any atom is -0.480 e. The van der Waals surface area contributed by atoms with Gasteiger partial charge in [0.25, 0.3) is 0 Å². The minimum absolute atomic E-state index is 0.0150. The zero-order chi connectivity index (χ0) is 22.9. The summed E-state index contributed by atoms with van der Waals surface area (Å²) in [4.78, 5) is 63.9. The average Bonchev–Trinajstić information content (AvgIpc) is 2.78. The van der Waals surface area contributed by atoms with Gasteiger partial charge in [0.15, 0.2) is 23.1 Å². The summed E-state index contributed by atoms with van der Waals surface area (Å²) in [5.41, 5.74) is 7.91. The number of aliphatic carboxylic acids is 1. The highest BCUT2D eigenvalue weighted by Gasteiger charge is 2.54. The van der Waals surface area contributed by atoms with Crippen molar-refractivity contribution in [2.75, 3.05) is 5.75 Å². The summed E-state index contributed by atoms with van der Waals surface area (Å²) >= 11 is 4.11. The Balaban J connectivity index is 1.67. The molecule has 3 N–H and O–H groups in total. The Hall–Kier alpha value is -2.88. The summed E-state index contributed by atoms with van der Waals surface area (Å²) in [5, 5.41) is 9.05. The maximum atomic E-state index is 13.6. The molecule has 0 aliphatic heterocycles. The fourth-order valence-corrected chi connectivity index (χ4v) is 6.46. The fourth-order valence-electron chi connectivity index (χ4n) is 4.77. The first kappa shape index (κ1) is 21.0. The fraction of sp³-hybridized carbons (Fsp3) is 0.174. The Morgan fingerprint density at radius 1 is 0.938 bits per heavy atom. The van der Waals surface area contributed by atoms with E-state index in [1.165, 1.54) is 12.2 Å². The number of carbonyl (C=O) groups excluding carboxylic acids is 4. The van der Waals surface area contributed by atoms with Gasteiger partial charge in [-0.3, -0.25) is 24.0 Å². The van der Waals surface area contributed by atoms with Gasteiger partial charge in [0.2, 0.25) is 0 Å². The van der Waals surface area contributed by atoms with E-state index >= 15 is 0 Å². The van der Waals surface area contributed by atoms with E-state index in [9.17, 15) is 24.0 Å². The van der Waals surface area contributed by atoms with Crippen molar-refractivity contribution >= 4 is 56.8 Å². The van der Waals surface area contributed by atoms with Crippen LogP contribution in [0.15, 0.2) is 68.1 Å². The average molecular weight is 512 g/mol. The van der Waals surface area contributed by atoms with Crippen molar-refractivity contribution in [3.05, 3.63) is 79.2 Å². The van der Waals surface area contributed by atoms with Gasteiger partial charge < -0.3 is 10.8 Å². The van der Waals surface area contributed by atoms with Crippen LogP contribution in [-0.2, 0) is 24.0 Å². The van der Waals surface area contributed by atoms with E-state index in [1.807, 2.05) is 6.07 Å². The Morgan fingerprint density at radius 3 is 1.94 bits per heavy atom. The molecular weight excluding hydrogens is 498 g/mol. The normalized spacial score (nSPS) is 24.7. The molecule has 5 aliphatic rings. The lowest BCUT2D eigenvalue weighted by Gasteiger charge is -2.44.